The van der Waals surface area contributed by atoms with Crippen LogP contribution >= 0.6 is 12.2 Å². The minimum Gasteiger partial charge on any atom is -0.495 e. The van der Waals surface area contributed by atoms with E-state index in [1.165, 1.54) is 31.2 Å². The Labute approximate surface area is 132 Å². The van der Waals surface area contributed by atoms with Crippen molar-refractivity contribution in [2.75, 3.05) is 19.0 Å². The smallest absolute Gasteiger partial charge is 0.170 e. The highest BCUT2D eigenvalue weighted by Crippen LogP contribution is 2.25. The minimum absolute atomic E-state index is 0.648. The third-order valence-electron chi connectivity index (χ3n) is 3.72. The van der Waals surface area contributed by atoms with Crippen LogP contribution in [-0.4, -0.2) is 18.8 Å². The van der Waals surface area contributed by atoms with Crippen LogP contribution < -0.4 is 15.4 Å². The number of hydrogen-bond acceptors (Lipinski definition) is 2. The van der Waals surface area contributed by atoms with Gasteiger partial charge in [0.15, 0.2) is 5.11 Å². The summed E-state index contributed by atoms with van der Waals surface area (Å²) >= 11 is 5.36. The molecule has 2 rings (SSSR count). The van der Waals surface area contributed by atoms with E-state index in [0.29, 0.717) is 5.11 Å². The van der Waals surface area contributed by atoms with Gasteiger partial charge in [-0.25, -0.2) is 0 Å². The second kappa shape index (κ2) is 8.03. The van der Waals surface area contributed by atoms with E-state index in [9.17, 15) is 0 Å². The van der Waals surface area contributed by atoms with Gasteiger partial charge < -0.3 is 15.4 Å². The summed E-state index contributed by atoms with van der Waals surface area (Å²) in [4.78, 5) is 0. The maximum absolute atomic E-state index is 5.36. The zero-order chi connectivity index (χ0) is 15.1. The number of ether oxygens (including phenoxy) is 1. The number of benzene rings is 1. The normalized spacial score (nSPS) is 14.3. The molecule has 0 saturated carbocycles. The largest absolute Gasteiger partial charge is 0.495 e. The molecular formula is C17H24N2OS. The molecule has 0 radical (unpaired) electrons. The lowest BCUT2D eigenvalue weighted by Gasteiger charge is -2.16. The molecule has 0 atom stereocenters. The van der Waals surface area contributed by atoms with Gasteiger partial charge in [-0.05, 0) is 68.9 Å². The Kier molecular flexibility index (Phi) is 6.05. The second-order valence-electron chi connectivity index (χ2n) is 5.44. The molecule has 0 unspecified atom stereocenters. The number of hydrogen-bond donors (Lipinski definition) is 2. The fourth-order valence-corrected chi connectivity index (χ4v) is 2.77. The summed E-state index contributed by atoms with van der Waals surface area (Å²) in [6.07, 6.45) is 8.60. The van der Waals surface area contributed by atoms with Crippen molar-refractivity contribution in [3.63, 3.8) is 0 Å². The SMILES string of the molecule is COc1ccc(C)cc1NC(=S)NCCC1=CCCCC1. The van der Waals surface area contributed by atoms with Gasteiger partial charge in [0, 0.05) is 6.54 Å². The summed E-state index contributed by atoms with van der Waals surface area (Å²) in [6.45, 7) is 2.93. The number of thiocarbonyl (C=S) groups is 1. The van der Waals surface area contributed by atoms with Crippen molar-refractivity contribution in [3.8, 4) is 5.75 Å². The van der Waals surface area contributed by atoms with Gasteiger partial charge in [-0.1, -0.05) is 17.7 Å². The number of nitrogens with one attached hydrogen (secondary N) is 2. The van der Waals surface area contributed by atoms with Gasteiger partial charge in [-0.15, -0.1) is 0 Å². The van der Waals surface area contributed by atoms with E-state index in [4.69, 9.17) is 17.0 Å². The monoisotopic (exact) mass is 304 g/mol. The Hall–Kier alpha value is -1.55. The summed E-state index contributed by atoms with van der Waals surface area (Å²) in [5.41, 5.74) is 3.64. The van der Waals surface area contributed by atoms with Crippen LogP contribution in [0.3, 0.4) is 0 Å². The van der Waals surface area contributed by atoms with Crippen molar-refractivity contribution < 1.29 is 4.74 Å². The van der Waals surface area contributed by atoms with Crippen molar-refractivity contribution in [1.82, 2.24) is 5.32 Å². The van der Waals surface area contributed by atoms with Crippen LogP contribution in [0.15, 0.2) is 29.8 Å². The molecule has 3 nitrogen and oxygen atoms in total. The standard InChI is InChI=1S/C17H24N2OS/c1-13-8-9-16(20-2)15(12-13)19-17(21)18-11-10-14-6-4-3-5-7-14/h6,8-9,12H,3-5,7,10-11H2,1-2H3,(H2,18,19,21). The van der Waals surface area contributed by atoms with Crippen LogP contribution in [0.4, 0.5) is 5.69 Å². The molecule has 1 aliphatic rings. The fourth-order valence-electron chi connectivity index (χ4n) is 2.55. The molecule has 1 aromatic rings. The predicted molar refractivity (Wildman–Crippen MR) is 93.1 cm³/mol. The number of aryl methyl sites for hydroxylation is 1. The number of anilines is 1. The van der Waals surface area contributed by atoms with Crippen molar-refractivity contribution in [1.29, 1.82) is 0 Å². The van der Waals surface area contributed by atoms with Crippen molar-refractivity contribution in [2.24, 2.45) is 0 Å². The topological polar surface area (TPSA) is 33.3 Å². The molecular weight excluding hydrogens is 280 g/mol. The van der Waals surface area contributed by atoms with Crippen LogP contribution in [0.25, 0.3) is 0 Å². The molecule has 0 bridgehead atoms. The van der Waals surface area contributed by atoms with E-state index in [2.05, 4.69) is 23.6 Å². The zero-order valence-electron chi connectivity index (χ0n) is 12.9. The second-order valence-corrected chi connectivity index (χ2v) is 5.85. The first-order valence-electron chi connectivity index (χ1n) is 7.56. The third kappa shape index (κ3) is 5.05. The highest BCUT2D eigenvalue weighted by Gasteiger charge is 2.06. The lowest BCUT2D eigenvalue weighted by molar-refractivity contribution is 0.417. The molecule has 1 aromatic carbocycles. The van der Waals surface area contributed by atoms with Gasteiger partial charge in [-0.2, -0.15) is 0 Å². The Morgan fingerprint density at radius 3 is 2.90 bits per heavy atom. The van der Waals surface area contributed by atoms with Crippen LogP contribution in [0, 0.1) is 6.92 Å². The Balaban J connectivity index is 1.81. The first-order chi connectivity index (χ1) is 10.2. The van der Waals surface area contributed by atoms with Crippen molar-refractivity contribution in [2.45, 2.75) is 39.0 Å². The zero-order valence-corrected chi connectivity index (χ0v) is 13.7. The van der Waals surface area contributed by atoms with Crippen LogP contribution in [-0.2, 0) is 0 Å². The van der Waals surface area contributed by atoms with E-state index in [0.717, 1.165) is 24.4 Å². The highest BCUT2D eigenvalue weighted by molar-refractivity contribution is 7.80. The van der Waals surface area contributed by atoms with Crippen LogP contribution in [0.1, 0.15) is 37.7 Å². The van der Waals surface area contributed by atoms with Gasteiger partial charge >= 0.3 is 0 Å². The van der Waals surface area contributed by atoms with E-state index in [1.54, 1.807) is 12.7 Å². The summed E-state index contributed by atoms with van der Waals surface area (Å²) in [5, 5.41) is 7.14. The van der Waals surface area contributed by atoms with E-state index >= 15 is 0 Å². The quantitative estimate of drug-likeness (QED) is 0.631. The van der Waals surface area contributed by atoms with Gasteiger partial charge in [0.2, 0.25) is 0 Å². The molecule has 0 heterocycles. The first kappa shape index (κ1) is 15.8. The minimum atomic E-state index is 0.648. The molecule has 2 N–H and O–H groups in total. The van der Waals surface area contributed by atoms with Crippen LogP contribution in [0.5, 0.6) is 5.75 Å². The van der Waals surface area contributed by atoms with E-state index in [1.807, 2.05) is 18.2 Å². The van der Waals surface area contributed by atoms with Gasteiger partial charge in [0.25, 0.3) is 0 Å². The third-order valence-corrected chi connectivity index (χ3v) is 3.97. The lowest BCUT2D eigenvalue weighted by atomic mass is 9.97. The summed E-state index contributed by atoms with van der Waals surface area (Å²) in [7, 11) is 1.67. The summed E-state index contributed by atoms with van der Waals surface area (Å²) in [6, 6.07) is 6.01. The molecule has 4 heteroatoms. The number of methoxy groups -OCH3 is 1. The van der Waals surface area contributed by atoms with E-state index in [-0.39, 0.29) is 0 Å². The molecule has 114 valence electrons. The summed E-state index contributed by atoms with van der Waals surface area (Å²) in [5.74, 6) is 0.805. The average molecular weight is 304 g/mol. The predicted octanol–water partition coefficient (Wildman–Crippen LogP) is 4.18. The molecule has 0 fully saturated rings. The van der Waals surface area contributed by atoms with Crippen LogP contribution in [0.2, 0.25) is 0 Å². The van der Waals surface area contributed by atoms with Crippen molar-refractivity contribution >= 4 is 23.0 Å². The molecule has 21 heavy (non-hydrogen) atoms. The summed E-state index contributed by atoms with van der Waals surface area (Å²) < 4.78 is 5.34. The van der Waals surface area contributed by atoms with Gasteiger partial charge in [0.1, 0.15) is 5.75 Å². The Bertz CT molecular complexity index is 526. The average Bonchev–Trinajstić information content (AvgIpc) is 2.48. The first-order valence-corrected chi connectivity index (χ1v) is 7.97. The molecule has 0 spiro atoms. The maximum atomic E-state index is 5.36. The Morgan fingerprint density at radius 2 is 2.19 bits per heavy atom. The van der Waals surface area contributed by atoms with E-state index < -0.39 is 0 Å². The molecule has 0 amide bonds. The van der Waals surface area contributed by atoms with Crippen molar-refractivity contribution in [3.05, 3.63) is 35.4 Å². The van der Waals surface area contributed by atoms with Gasteiger partial charge in [0.05, 0.1) is 12.8 Å². The Morgan fingerprint density at radius 1 is 1.33 bits per heavy atom. The molecule has 0 aliphatic heterocycles. The van der Waals surface area contributed by atoms with Gasteiger partial charge in [-0.3, -0.25) is 0 Å². The number of rotatable bonds is 5. The molecule has 1 aliphatic carbocycles. The molecule has 0 saturated heterocycles. The fraction of sp³-hybridized carbons (Fsp3) is 0.471. The maximum Gasteiger partial charge on any atom is 0.170 e. The number of allylic oxidation sites excluding steroid dienone is 1. The lowest BCUT2D eigenvalue weighted by Crippen LogP contribution is -2.29. The highest BCUT2D eigenvalue weighted by atomic mass is 32.1. The molecule has 0 aromatic heterocycles.